The summed E-state index contributed by atoms with van der Waals surface area (Å²) >= 11 is 0. The number of hydrogen-bond acceptors (Lipinski definition) is 5. The van der Waals surface area contributed by atoms with Crippen LogP contribution in [0.5, 0.6) is 0 Å². The summed E-state index contributed by atoms with van der Waals surface area (Å²) < 4.78 is 1.70. The first-order valence-corrected chi connectivity index (χ1v) is 10.8. The number of pyridine rings is 1. The summed E-state index contributed by atoms with van der Waals surface area (Å²) in [7, 11) is 0. The summed E-state index contributed by atoms with van der Waals surface area (Å²) in [5, 5.41) is 13.7. The number of fused-ring (bicyclic) bond motifs is 1. The molecule has 3 heterocycles. The molecule has 33 heavy (non-hydrogen) atoms. The molecule has 0 aromatic carbocycles. The number of imidazole rings is 1. The van der Waals surface area contributed by atoms with Crippen LogP contribution in [-0.2, 0) is 9.59 Å². The number of anilines is 1. The van der Waals surface area contributed by atoms with E-state index in [0.29, 0.717) is 43.2 Å². The van der Waals surface area contributed by atoms with Crippen molar-refractivity contribution in [2.24, 2.45) is 0 Å². The minimum absolute atomic E-state index is 0.0253. The van der Waals surface area contributed by atoms with Crippen molar-refractivity contribution in [3.05, 3.63) is 42.7 Å². The zero-order chi connectivity index (χ0) is 23.8. The van der Waals surface area contributed by atoms with E-state index in [0.717, 1.165) is 25.7 Å². The Bertz CT molecular complexity index is 1050. The Hall–Kier alpha value is -3.89. The molecule has 4 amide bonds. The van der Waals surface area contributed by atoms with Gasteiger partial charge in [-0.15, -0.1) is 0 Å². The summed E-state index contributed by atoms with van der Waals surface area (Å²) in [5.41, 5.74) is 1.08. The highest BCUT2D eigenvalue weighted by molar-refractivity contribution is 5.99. The quantitative estimate of drug-likeness (QED) is 0.364. The fraction of sp³-hybridized carbons (Fsp3) is 0.409. The molecule has 1 fully saturated rings. The molecule has 0 atom stereocenters. The number of nitrogens with one attached hydrogen (secondary N) is 2. The third-order valence-electron chi connectivity index (χ3n) is 5.35. The van der Waals surface area contributed by atoms with Crippen LogP contribution in [0, 0.1) is 0 Å². The van der Waals surface area contributed by atoms with Gasteiger partial charge in [0, 0.05) is 32.4 Å². The average Bonchev–Trinajstić information content (AvgIpc) is 3.22. The Morgan fingerprint density at radius 2 is 1.79 bits per heavy atom. The molecular weight excluding hydrogens is 428 g/mol. The van der Waals surface area contributed by atoms with Gasteiger partial charge in [0.25, 0.3) is 5.91 Å². The largest absolute Gasteiger partial charge is 0.465 e. The Labute approximate surface area is 191 Å². The standard InChI is InChI=1S/C22H28N6O5/c1-2-19(29)26-11-12-28(20(30)15-26)18-14-27-13-16(7-8-17(27)25-18)21(31)23-9-5-3-4-6-10-24-22(32)33/h2,7-8,13-14,24H,1,3-6,9-12,15H2,(H,23,31)(H,32,33). The maximum absolute atomic E-state index is 12.5. The van der Waals surface area contributed by atoms with Gasteiger partial charge in [-0.2, -0.15) is 0 Å². The molecule has 0 aliphatic carbocycles. The van der Waals surface area contributed by atoms with Crippen LogP contribution in [0.4, 0.5) is 10.6 Å². The molecule has 0 radical (unpaired) electrons. The predicted molar refractivity (Wildman–Crippen MR) is 121 cm³/mol. The molecule has 0 unspecified atom stereocenters. The first-order chi connectivity index (χ1) is 15.9. The first kappa shape index (κ1) is 23.8. The Morgan fingerprint density at radius 3 is 2.45 bits per heavy atom. The highest BCUT2D eigenvalue weighted by Gasteiger charge is 2.28. The van der Waals surface area contributed by atoms with Gasteiger partial charge in [0.1, 0.15) is 12.2 Å². The lowest BCUT2D eigenvalue weighted by Crippen LogP contribution is -2.52. The number of carboxylic acid groups (broad SMARTS) is 1. The van der Waals surface area contributed by atoms with E-state index in [2.05, 4.69) is 22.2 Å². The number of aromatic nitrogens is 2. The molecule has 0 saturated carbocycles. The highest BCUT2D eigenvalue weighted by Crippen LogP contribution is 2.18. The van der Waals surface area contributed by atoms with Crippen molar-refractivity contribution >= 4 is 35.3 Å². The number of carbonyl (C=O) groups is 4. The zero-order valence-corrected chi connectivity index (χ0v) is 18.3. The first-order valence-electron chi connectivity index (χ1n) is 10.8. The number of carbonyl (C=O) groups excluding carboxylic acids is 3. The van der Waals surface area contributed by atoms with E-state index < -0.39 is 6.09 Å². The van der Waals surface area contributed by atoms with Crippen molar-refractivity contribution < 1.29 is 24.3 Å². The Kier molecular flexibility index (Phi) is 8.01. The molecule has 11 heteroatoms. The van der Waals surface area contributed by atoms with Gasteiger partial charge < -0.3 is 25.0 Å². The van der Waals surface area contributed by atoms with Crippen molar-refractivity contribution in [1.29, 1.82) is 0 Å². The van der Waals surface area contributed by atoms with E-state index in [9.17, 15) is 19.2 Å². The minimum atomic E-state index is -1.02. The van der Waals surface area contributed by atoms with Crippen molar-refractivity contribution in [2.75, 3.05) is 37.6 Å². The number of piperazine rings is 1. The van der Waals surface area contributed by atoms with Crippen LogP contribution in [0.1, 0.15) is 36.0 Å². The van der Waals surface area contributed by atoms with Gasteiger partial charge in [0.2, 0.25) is 11.8 Å². The molecule has 0 spiro atoms. The maximum atomic E-state index is 12.5. The van der Waals surface area contributed by atoms with E-state index in [1.165, 1.54) is 15.9 Å². The molecule has 176 valence electrons. The monoisotopic (exact) mass is 456 g/mol. The van der Waals surface area contributed by atoms with Crippen molar-refractivity contribution in [3.63, 3.8) is 0 Å². The van der Waals surface area contributed by atoms with E-state index in [-0.39, 0.29) is 24.3 Å². The average molecular weight is 457 g/mol. The van der Waals surface area contributed by atoms with Crippen LogP contribution >= 0.6 is 0 Å². The van der Waals surface area contributed by atoms with Crippen molar-refractivity contribution in [1.82, 2.24) is 24.9 Å². The topological polar surface area (TPSA) is 136 Å². The van der Waals surface area contributed by atoms with Crippen LogP contribution in [0.25, 0.3) is 5.65 Å². The van der Waals surface area contributed by atoms with Gasteiger partial charge in [-0.25, -0.2) is 9.78 Å². The second-order valence-electron chi connectivity index (χ2n) is 7.69. The number of nitrogens with zero attached hydrogens (tertiary/aromatic N) is 4. The second kappa shape index (κ2) is 11.1. The summed E-state index contributed by atoms with van der Waals surface area (Å²) in [6, 6.07) is 3.40. The maximum Gasteiger partial charge on any atom is 0.404 e. The molecule has 1 aliphatic heterocycles. The molecule has 3 rings (SSSR count). The lowest BCUT2D eigenvalue weighted by molar-refractivity contribution is -0.133. The van der Waals surface area contributed by atoms with Gasteiger partial charge in [0.05, 0.1) is 11.8 Å². The highest BCUT2D eigenvalue weighted by atomic mass is 16.4. The third kappa shape index (κ3) is 6.31. The van der Waals surface area contributed by atoms with Crippen LogP contribution in [-0.4, -0.2) is 75.9 Å². The Morgan fingerprint density at radius 1 is 1.06 bits per heavy atom. The minimum Gasteiger partial charge on any atom is -0.465 e. The summed E-state index contributed by atoms with van der Waals surface area (Å²) in [4.78, 5) is 54.5. The fourth-order valence-electron chi connectivity index (χ4n) is 3.58. The van der Waals surface area contributed by atoms with E-state index in [1.54, 1.807) is 28.9 Å². The van der Waals surface area contributed by atoms with E-state index in [1.807, 2.05) is 0 Å². The van der Waals surface area contributed by atoms with Crippen LogP contribution < -0.4 is 15.5 Å². The smallest absolute Gasteiger partial charge is 0.404 e. The fourth-order valence-corrected chi connectivity index (χ4v) is 3.58. The molecule has 0 bridgehead atoms. The molecular formula is C22H28N6O5. The van der Waals surface area contributed by atoms with Gasteiger partial charge in [-0.3, -0.25) is 19.3 Å². The van der Waals surface area contributed by atoms with Gasteiger partial charge in [-0.1, -0.05) is 19.4 Å². The summed E-state index contributed by atoms with van der Waals surface area (Å²) in [6.45, 7) is 5.12. The second-order valence-corrected chi connectivity index (χ2v) is 7.69. The lowest BCUT2D eigenvalue weighted by Gasteiger charge is -2.32. The van der Waals surface area contributed by atoms with E-state index in [4.69, 9.17) is 5.11 Å². The number of rotatable bonds is 10. The molecule has 3 N–H and O–H groups in total. The number of amides is 4. The Balaban J connectivity index is 1.51. The van der Waals surface area contributed by atoms with Crippen LogP contribution in [0.15, 0.2) is 37.2 Å². The zero-order valence-electron chi connectivity index (χ0n) is 18.3. The lowest BCUT2D eigenvalue weighted by atomic mass is 10.2. The summed E-state index contributed by atoms with van der Waals surface area (Å²) in [6.07, 6.45) is 6.89. The number of unbranched alkanes of at least 4 members (excludes halogenated alkanes) is 3. The molecule has 1 aliphatic rings. The summed E-state index contributed by atoms with van der Waals surface area (Å²) in [5.74, 6) is -0.228. The predicted octanol–water partition coefficient (Wildman–Crippen LogP) is 1.25. The van der Waals surface area contributed by atoms with Crippen LogP contribution in [0.3, 0.4) is 0 Å². The van der Waals surface area contributed by atoms with Gasteiger partial charge in [-0.05, 0) is 31.1 Å². The SMILES string of the molecule is C=CC(=O)N1CCN(c2cn3cc(C(=O)NCCCCCCNC(=O)O)ccc3n2)C(=O)C1. The molecule has 1 saturated heterocycles. The normalized spacial score (nSPS) is 13.8. The molecule has 2 aromatic heterocycles. The van der Waals surface area contributed by atoms with Gasteiger partial charge in [0.15, 0.2) is 5.82 Å². The molecule has 2 aromatic rings. The van der Waals surface area contributed by atoms with Crippen LogP contribution in [0.2, 0.25) is 0 Å². The van der Waals surface area contributed by atoms with Crippen molar-refractivity contribution in [3.8, 4) is 0 Å². The van der Waals surface area contributed by atoms with Gasteiger partial charge >= 0.3 is 6.09 Å². The van der Waals surface area contributed by atoms with Crippen molar-refractivity contribution in [2.45, 2.75) is 25.7 Å². The third-order valence-corrected chi connectivity index (χ3v) is 5.35. The van der Waals surface area contributed by atoms with E-state index >= 15 is 0 Å². The molecule has 11 nitrogen and oxygen atoms in total. The number of hydrogen-bond donors (Lipinski definition) is 3.